The number of hydrogen-bond donors (Lipinski definition) is 0. The summed E-state index contributed by atoms with van der Waals surface area (Å²) in [7, 11) is -3.16. The largest absolute Gasteiger partial charge is 0.493 e. The van der Waals surface area contributed by atoms with Crippen LogP contribution < -0.4 is 4.74 Å². The summed E-state index contributed by atoms with van der Waals surface area (Å²) in [5.74, 6) is 0.626. The second-order valence-corrected chi connectivity index (χ2v) is 5.56. The van der Waals surface area contributed by atoms with Gasteiger partial charge in [-0.05, 0) is 31.2 Å². The third kappa shape index (κ3) is 4.02. The maximum Gasteiger partial charge on any atom is 0.175 e. The van der Waals surface area contributed by atoms with Gasteiger partial charge in [-0.25, -0.2) is 8.42 Å². The Labute approximate surface area is 95.2 Å². The van der Waals surface area contributed by atoms with Crippen LogP contribution in [0.15, 0.2) is 29.2 Å². The predicted molar refractivity (Wildman–Crippen MR) is 60.3 cm³/mol. The summed E-state index contributed by atoms with van der Waals surface area (Å²) in [6.45, 7) is 1.81. The van der Waals surface area contributed by atoms with Crippen molar-refractivity contribution in [1.29, 1.82) is 0 Å². The van der Waals surface area contributed by atoms with E-state index in [0.717, 1.165) is 6.26 Å². The molecule has 16 heavy (non-hydrogen) atoms. The molecule has 0 bridgehead atoms. The molecule has 5 heteroatoms. The van der Waals surface area contributed by atoms with Crippen LogP contribution in [0, 0.1) is 0 Å². The van der Waals surface area contributed by atoms with Gasteiger partial charge in [-0.1, -0.05) is 0 Å². The number of carbonyl (C=O) groups is 1. The molecule has 88 valence electrons. The van der Waals surface area contributed by atoms with E-state index >= 15 is 0 Å². The Bertz CT molecular complexity index is 459. The van der Waals surface area contributed by atoms with Gasteiger partial charge in [0.05, 0.1) is 11.5 Å². The molecule has 0 spiro atoms. The van der Waals surface area contributed by atoms with Gasteiger partial charge in [0, 0.05) is 12.7 Å². The molecule has 0 aliphatic carbocycles. The molecule has 0 aliphatic rings. The molecule has 0 unspecified atom stereocenters. The van der Waals surface area contributed by atoms with Crippen molar-refractivity contribution in [3.05, 3.63) is 24.3 Å². The topological polar surface area (TPSA) is 60.4 Å². The van der Waals surface area contributed by atoms with Crippen LogP contribution in [0.5, 0.6) is 5.75 Å². The van der Waals surface area contributed by atoms with E-state index < -0.39 is 9.84 Å². The number of carbonyl (C=O) groups excluding carboxylic acids is 1. The van der Waals surface area contributed by atoms with E-state index in [-0.39, 0.29) is 10.7 Å². The molecule has 0 N–H and O–H groups in total. The van der Waals surface area contributed by atoms with Crippen LogP contribution in [0.25, 0.3) is 0 Å². The van der Waals surface area contributed by atoms with Gasteiger partial charge >= 0.3 is 0 Å². The van der Waals surface area contributed by atoms with Crippen LogP contribution in [0.2, 0.25) is 0 Å². The number of hydrogen-bond acceptors (Lipinski definition) is 4. The molecular formula is C11H14O4S. The molecule has 1 rings (SSSR count). The highest BCUT2D eigenvalue weighted by molar-refractivity contribution is 7.90. The molecule has 0 aliphatic heterocycles. The number of benzene rings is 1. The van der Waals surface area contributed by atoms with E-state index in [1.165, 1.54) is 19.1 Å². The van der Waals surface area contributed by atoms with E-state index in [9.17, 15) is 13.2 Å². The zero-order valence-corrected chi connectivity index (χ0v) is 10.1. The normalized spacial score (nSPS) is 11.1. The maximum absolute atomic E-state index is 11.2. The Kier molecular flexibility index (Phi) is 4.06. The summed E-state index contributed by atoms with van der Waals surface area (Å²) in [6.07, 6.45) is 1.51. The van der Waals surface area contributed by atoms with Crippen LogP contribution >= 0.6 is 0 Å². The Balaban J connectivity index is 2.62. The lowest BCUT2D eigenvalue weighted by molar-refractivity contribution is -0.117. The lowest BCUT2D eigenvalue weighted by Crippen LogP contribution is -2.03. The van der Waals surface area contributed by atoms with Gasteiger partial charge in [0.1, 0.15) is 11.5 Å². The quantitative estimate of drug-likeness (QED) is 0.784. The Morgan fingerprint density at radius 1 is 1.25 bits per heavy atom. The van der Waals surface area contributed by atoms with Gasteiger partial charge in [0.15, 0.2) is 9.84 Å². The Morgan fingerprint density at radius 2 is 1.81 bits per heavy atom. The first-order chi connectivity index (χ1) is 7.39. The average molecular weight is 242 g/mol. The minimum atomic E-state index is -3.16. The fraction of sp³-hybridized carbons (Fsp3) is 0.364. The molecule has 0 heterocycles. The standard InChI is InChI=1S/C11H14O4S/c1-9(12)7-8-15-10-3-5-11(6-4-10)16(2,13)14/h3-6H,7-8H2,1-2H3. The summed E-state index contributed by atoms with van der Waals surface area (Å²) >= 11 is 0. The molecule has 0 fully saturated rings. The van der Waals surface area contributed by atoms with Gasteiger partial charge in [0.2, 0.25) is 0 Å². The molecule has 1 aromatic carbocycles. The van der Waals surface area contributed by atoms with Crippen LogP contribution in [0.3, 0.4) is 0 Å². The van der Waals surface area contributed by atoms with Gasteiger partial charge in [0.25, 0.3) is 0 Å². The van der Waals surface area contributed by atoms with E-state index in [1.807, 2.05) is 0 Å². The highest BCUT2D eigenvalue weighted by Crippen LogP contribution is 2.15. The van der Waals surface area contributed by atoms with Crippen LogP contribution in [0.1, 0.15) is 13.3 Å². The maximum atomic E-state index is 11.2. The van der Waals surface area contributed by atoms with Gasteiger partial charge < -0.3 is 4.74 Å². The van der Waals surface area contributed by atoms with E-state index in [0.29, 0.717) is 18.8 Å². The van der Waals surface area contributed by atoms with Crippen molar-refractivity contribution in [2.24, 2.45) is 0 Å². The third-order valence-electron chi connectivity index (χ3n) is 1.97. The smallest absolute Gasteiger partial charge is 0.175 e. The first kappa shape index (κ1) is 12.7. The predicted octanol–water partition coefficient (Wildman–Crippen LogP) is 1.45. The summed E-state index contributed by atoms with van der Waals surface area (Å²) in [4.78, 5) is 10.9. The molecular weight excluding hydrogens is 228 g/mol. The fourth-order valence-electron chi connectivity index (χ4n) is 1.10. The second kappa shape index (κ2) is 5.12. The molecule has 0 aromatic heterocycles. The van der Waals surface area contributed by atoms with E-state index in [4.69, 9.17) is 4.74 Å². The number of ether oxygens (including phenoxy) is 1. The third-order valence-corrected chi connectivity index (χ3v) is 3.10. The second-order valence-electron chi connectivity index (χ2n) is 3.54. The first-order valence-electron chi connectivity index (χ1n) is 4.82. The Hall–Kier alpha value is -1.36. The number of Topliss-reactive ketones (excluding diaryl/α,β-unsaturated/α-hetero) is 1. The molecule has 4 nitrogen and oxygen atoms in total. The molecule has 0 amide bonds. The highest BCUT2D eigenvalue weighted by atomic mass is 32.2. The average Bonchev–Trinajstić information content (AvgIpc) is 2.16. The van der Waals surface area contributed by atoms with Crippen LogP contribution in [-0.2, 0) is 14.6 Å². The van der Waals surface area contributed by atoms with Crippen molar-refractivity contribution in [2.45, 2.75) is 18.2 Å². The number of rotatable bonds is 5. The number of ketones is 1. The van der Waals surface area contributed by atoms with Crippen LogP contribution in [-0.4, -0.2) is 27.1 Å². The molecule has 0 radical (unpaired) electrons. The number of sulfone groups is 1. The molecule has 0 atom stereocenters. The van der Waals surface area contributed by atoms with Gasteiger partial charge in [-0.2, -0.15) is 0 Å². The van der Waals surface area contributed by atoms with Crippen molar-refractivity contribution in [2.75, 3.05) is 12.9 Å². The lowest BCUT2D eigenvalue weighted by atomic mass is 10.3. The zero-order valence-electron chi connectivity index (χ0n) is 9.26. The SMILES string of the molecule is CC(=O)CCOc1ccc(S(C)(=O)=O)cc1. The highest BCUT2D eigenvalue weighted by Gasteiger charge is 2.06. The first-order valence-corrected chi connectivity index (χ1v) is 6.71. The Morgan fingerprint density at radius 3 is 2.25 bits per heavy atom. The minimum absolute atomic E-state index is 0.0627. The summed E-state index contributed by atoms with van der Waals surface area (Å²) in [5.41, 5.74) is 0. The van der Waals surface area contributed by atoms with Crippen molar-refractivity contribution < 1.29 is 17.9 Å². The van der Waals surface area contributed by atoms with Crippen molar-refractivity contribution in [3.63, 3.8) is 0 Å². The van der Waals surface area contributed by atoms with E-state index in [2.05, 4.69) is 0 Å². The lowest BCUT2D eigenvalue weighted by Gasteiger charge is -2.05. The molecule has 1 aromatic rings. The van der Waals surface area contributed by atoms with E-state index in [1.54, 1.807) is 12.1 Å². The summed E-state index contributed by atoms with van der Waals surface area (Å²) < 4.78 is 27.6. The molecule has 0 saturated heterocycles. The van der Waals surface area contributed by atoms with Crippen molar-refractivity contribution in [3.8, 4) is 5.75 Å². The minimum Gasteiger partial charge on any atom is -0.493 e. The monoisotopic (exact) mass is 242 g/mol. The fourth-order valence-corrected chi connectivity index (χ4v) is 1.73. The van der Waals surface area contributed by atoms with Gasteiger partial charge in [-0.3, -0.25) is 4.79 Å². The van der Waals surface area contributed by atoms with Crippen molar-refractivity contribution in [1.82, 2.24) is 0 Å². The van der Waals surface area contributed by atoms with Crippen LogP contribution in [0.4, 0.5) is 0 Å². The molecule has 0 saturated carbocycles. The zero-order chi connectivity index (χ0) is 12.2. The van der Waals surface area contributed by atoms with Gasteiger partial charge in [-0.15, -0.1) is 0 Å². The summed E-state index contributed by atoms with van der Waals surface area (Å²) in [5, 5.41) is 0. The van der Waals surface area contributed by atoms with Crippen molar-refractivity contribution >= 4 is 15.6 Å². The summed E-state index contributed by atoms with van der Waals surface area (Å²) in [6, 6.07) is 6.13.